The molecule has 3 aromatic rings. The van der Waals surface area contributed by atoms with Crippen molar-refractivity contribution in [1.82, 2.24) is 5.32 Å². The van der Waals surface area contributed by atoms with Crippen LogP contribution in [0.5, 0.6) is 0 Å². The number of nitrogens with zero attached hydrogens (tertiary/aromatic N) is 1. The Hall–Kier alpha value is -3.44. The lowest BCUT2D eigenvalue weighted by Crippen LogP contribution is -2.33. The van der Waals surface area contributed by atoms with E-state index < -0.39 is 0 Å². The molecule has 0 atom stereocenters. The van der Waals surface area contributed by atoms with Gasteiger partial charge in [-0.1, -0.05) is 72.8 Å². The van der Waals surface area contributed by atoms with Crippen LogP contribution in [0.3, 0.4) is 0 Å². The average Bonchev–Trinajstić information content (AvgIpc) is 2.78. The van der Waals surface area contributed by atoms with Gasteiger partial charge in [0.05, 0.1) is 13.0 Å². The number of carbonyl (C=O) groups is 2. The third kappa shape index (κ3) is 6.29. The zero-order valence-electron chi connectivity index (χ0n) is 17.1. The summed E-state index contributed by atoms with van der Waals surface area (Å²) < 4.78 is 5.06. The van der Waals surface area contributed by atoms with Crippen LogP contribution < -0.4 is 10.2 Å². The van der Waals surface area contributed by atoms with E-state index in [1.165, 1.54) is 7.11 Å². The van der Waals surface area contributed by atoms with Gasteiger partial charge in [0.15, 0.2) is 0 Å². The first-order valence-electron chi connectivity index (χ1n) is 9.88. The van der Waals surface area contributed by atoms with Crippen molar-refractivity contribution in [3.8, 4) is 0 Å². The normalized spacial score (nSPS) is 10.4. The second-order valence-corrected chi connectivity index (χ2v) is 7.01. The maximum absolute atomic E-state index is 12.7. The third-order valence-corrected chi connectivity index (χ3v) is 4.67. The molecule has 0 aromatic heterocycles. The standard InChI is InChI=1S/C25H26N2O3/c1-30-19-25(29)27(18-21-11-6-3-7-12-21)23-14-8-13-22(15-23)16-24(28)26-17-20-9-4-2-5-10-20/h2-15H,16-19H2,1H3,(H,26,28). The highest BCUT2D eigenvalue weighted by molar-refractivity contribution is 5.94. The van der Waals surface area contributed by atoms with Gasteiger partial charge in [0.2, 0.25) is 5.91 Å². The van der Waals surface area contributed by atoms with Gasteiger partial charge in [-0.15, -0.1) is 0 Å². The Kier molecular flexibility index (Phi) is 7.75. The summed E-state index contributed by atoms with van der Waals surface area (Å²) >= 11 is 0. The molecule has 0 bridgehead atoms. The molecule has 2 amide bonds. The summed E-state index contributed by atoms with van der Waals surface area (Å²) in [5.74, 6) is -0.194. The molecule has 0 spiro atoms. The van der Waals surface area contributed by atoms with E-state index in [9.17, 15) is 9.59 Å². The fourth-order valence-corrected chi connectivity index (χ4v) is 3.17. The zero-order chi connectivity index (χ0) is 21.2. The van der Waals surface area contributed by atoms with E-state index in [0.29, 0.717) is 13.1 Å². The second kappa shape index (κ2) is 10.9. The average molecular weight is 402 g/mol. The van der Waals surface area contributed by atoms with Gasteiger partial charge in [-0.2, -0.15) is 0 Å². The molecule has 0 unspecified atom stereocenters. The minimum Gasteiger partial charge on any atom is -0.375 e. The number of nitrogens with one attached hydrogen (secondary N) is 1. The Morgan fingerprint density at radius 1 is 0.833 bits per heavy atom. The Morgan fingerprint density at radius 2 is 1.47 bits per heavy atom. The number of benzene rings is 3. The van der Waals surface area contributed by atoms with E-state index in [-0.39, 0.29) is 24.8 Å². The molecule has 0 aliphatic carbocycles. The molecule has 3 rings (SSSR count). The molecule has 1 N–H and O–H groups in total. The van der Waals surface area contributed by atoms with Gasteiger partial charge in [0.1, 0.15) is 6.61 Å². The lowest BCUT2D eigenvalue weighted by Gasteiger charge is -2.23. The molecule has 30 heavy (non-hydrogen) atoms. The van der Waals surface area contributed by atoms with Crippen molar-refractivity contribution in [2.75, 3.05) is 18.6 Å². The van der Waals surface area contributed by atoms with Crippen molar-refractivity contribution in [2.45, 2.75) is 19.5 Å². The molecule has 0 aliphatic rings. The maximum Gasteiger partial charge on any atom is 0.253 e. The first kappa shape index (κ1) is 21.3. The predicted molar refractivity (Wildman–Crippen MR) is 118 cm³/mol. The highest BCUT2D eigenvalue weighted by atomic mass is 16.5. The van der Waals surface area contributed by atoms with Crippen molar-refractivity contribution in [2.24, 2.45) is 0 Å². The largest absolute Gasteiger partial charge is 0.375 e. The van der Waals surface area contributed by atoms with Gasteiger partial charge in [-0.3, -0.25) is 9.59 Å². The summed E-state index contributed by atoms with van der Waals surface area (Å²) in [6.45, 7) is 0.924. The number of methoxy groups -OCH3 is 1. The number of carbonyl (C=O) groups excluding carboxylic acids is 2. The van der Waals surface area contributed by atoms with Gasteiger partial charge in [-0.05, 0) is 28.8 Å². The maximum atomic E-state index is 12.7. The predicted octanol–water partition coefficient (Wildman–Crippen LogP) is 3.73. The lowest BCUT2D eigenvalue weighted by atomic mass is 10.1. The molecule has 0 saturated heterocycles. The van der Waals surface area contributed by atoms with Crippen molar-refractivity contribution >= 4 is 17.5 Å². The van der Waals surface area contributed by atoms with Gasteiger partial charge in [0, 0.05) is 19.3 Å². The van der Waals surface area contributed by atoms with Crippen molar-refractivity contribution in [1.29, 1.82) is 0 Å². The SMILES string of the molecule is COCC(=O)N(Cc1ccccc1)c1cccc(CC(=O)NCc2ccccc2)c1. The summed E-state index contributed by atoms with van der Waals surface area (Å²) in [6, 6.07) is 27.1. The van der Waals surface area contributed by atoms with E-state index in [4.69, 9.17) is 4.74 Å². The number of rotatable bonds is 9. The van der Waals surface area contributed by atoms with Crippen LogP contribution in [0.25, 0.3) is 0 Å². The summed E-state index contributed by atoms with van der Waals surface area (Å²) in [7, 11) is 1.51. The molecule has 0 heterocycles. The van der Waals surface area contributed by atoms with Crippen LogP contribution in [0.15, 0.2) is 84.9 Å². The van der Waals surface area contributed by atoms with E-state index in [1.54, 1.807) is 4.90 Å². The van der Waals surface area contributed by atoms with E-state index in [1.807, 2.05) is 84.9 Å². The highest BCUT2D eigenvalue weighted by Gasteiger charge is 2.17. The Balaban J connectivity index is 1.70. The molecule has 3 aromatic carbocycles. The molecule has 5 nitrogen and oxygen atoms in total. The van der Waals surface area contributed by atoms with Crippen LogP contribution in [0, 0.1) is 0 Å². The number of hydrogen-bond acceptors (Lipinski definition) is 3. The van der Waals surface area contributed by atoms with Crippen LogP contribution in [0.4, 0.5) is 5.69 Å². The van der Waals surface area contributed by atoms with Gasteiger partial charge < -0.3 is 15.0 Å². The van der Waals surface area contributed by atoms with Crippen LogP contribution in [-0.4, -0.2) is 25.5 Å². The fourth-order valence-electron chi connectivity index (χ4n) is 3.17. The minimum absolute atomic E-state index is 0.00533. The Labute approximate surface area is 177 Å². The quantitative estimate of drug-likeness (QED) is 0.593. The van der Waals surface area contributed by atoms with Crippen LogP contribution in [0.2, 0.25) is 0 Å². The van der Waals surface area contributed by atoms with Crippen LogP contribution in [-0.2, 0) is 33.8 Å². The van der Waals surface area contributed by atoms with Gasteiger partial charge in [-0.25, -0.2) is 0 Å². The van der Waals surface area contributed by atoms with Gasteiger partial charge >= 0.3 is 0 Å². The molecule has 0 radical (unpaired) electrons. The fraction of sp³-hybridized carbons (Fsp3) is 0.200. The summed E-state index contributed by atoms with van der Waals surface area (Å²) in [5.41, 5.74) is 3.67. The van der Waals surface area contributed by atoms with E-state index >= 15 is 0 Å². The van der Waals surface area contributed by atoms with Crippen molar-refractivity contribution < 1.29 is 14.3 Å². The number of amides is 2. The van der Waals surface area contributed by atoms with Gasteiger partial charge in [0.25, 0.3) is 5.91 Å². The Morgan fingerprint density at radius 3 is 2.13 bits per heavy atom. The molecular weight excluding hydrogens is 376 g/mol. The van der Waals surface area contributed by atoms with Crippen molar-refractivity contribution in [3.05, 3.63) is 102 Å². The van der Waals surface area contributed by atoms with Crippen LogP contribution >= 0.6 is 0 Å². The molecule has 0 fully saturated rings. The number of ether oxygens (including phenoxy) is 1. The summed E-state index contributed by atoms with van der Waals surface area (Å²) in [5, 5.41) is 2.94. The zero-order valence-corrected chi connectivity index (χ0v) is 17.1. The number of hydrogen-bond donors (Lipinski definition) is 1. The van der Waals surface area contributed by atoms with E-state index in [2.05, 4.69) is 5.32 Å². The first-order chi connectivity index (χ1) is 14.7. The summed E-state index contributed by atoms with van der Waals surface area (Å²) in [6.07, 6.45) is 0.248. The molecular formula is C25H26N2O3. The Bertz CT molecular complexity index is 958. The molecule has 0 saturated carbocycles. The second-order valence-electron chi connectivity index (χ2n) is 7.01. The molecule has 154 valence electrons. The highest BCUT2D eigenvalue weighted by Crippen LogP contribution is 2.20. The van der Waals surface area contributed by atoms with E-state index in [0.717, 1.165) is 22.4 Å². The molecule has 5 heteroatoms. The third-order valence-electron chi connectivity index (χ3n) is 4.67. The van der Waals surface area contributed by atoms with Crippen molar-refractivity contribution in [3.63, 3.8) is 0 Å². The summed E-state index contributed by atoms with van der Waals surface area (Å²) in [4.78, 5) is 26.7. The first-order valence-corrected chi connectivity index (χ1v) is 9.88. The number of anilines is 1. The molecule has 0 aliphatic heterocycles. The van der Waals surface area contributed by atoms with Crippen LogP contribution in [0.1, 0.15) is 16.7 Å². The smallest absolute Gasteiger partial charge is 0.253 e. The minimum atomic E-state index is -0.132. The monoisotopic (exact) mass is 402 g/mol. The topological polar surface area (TPSA) is 58.6 Å². The lowest BCUT2D eigenvalue weighted by molar-refractivity contribution is -0.122.